The Hall–Kier alpha value is -2.97. The van der Waals surface area contributed by atoms with E-state index in [1.807, 2.05) is 33.6 Å². The fourth-order valence-corrected chi connectivity index (χ4v) is 5.83. The maximum absolute atomic E-state index is 15.3. The first-order valence-corrected chi connectivity index (χ1v) is 12.1. The number of carbonyl (C=O) groups is 1. The highest BCUT2D eigenvalue weighted by Crippen LogP contribution is 2.34. The molecule has 4 aromatic rings. The zero-order valence-corrected chi connectivity index (χ0v) is 19.7. The van der Waals surface area contributed by atoms with Gasteiger partial charge in [-0.05, 0) is 45.0 Å². The predicted molar refractivity (Wildman–Crippen MR) is 131 cm³/mol. The Morgan fingerprint density at radius 1 is 1.12 bits per heavy atom. The summed E-state index contributed by atoms with van der Waals surface area (Å²) in [7, 11) is 0. The van der Waals surface area contributed by atoms with Crippen LogP contribution in [-0.4, -0.2) is 54.1 Å². The van der Waals surface area contributed by atoms with Crippen molar-refractivity contribution < 1.29 is 13.9 Å². The molecule has 3 heterocycles. The van der Waals surface area contributed by atoms with Gasteiger partial charge in [0.15, 0.2) is 0 Å². The Balaban J connectivity index is 1.77. The van der Waals surface area contributed by atoms with E-state index in [4.69, 9.17) is 4.74 Å². The molecule has 0 N–H and O–H groups in total. The van der Waals surface area contributed by atoms with E-state index in [-0.39, 0.29) is 17.6 Å². The molecule has 1 aliphatic heterocycles. The molecule has 2 aromatic heterocycles. The summed E-state index contributed by atoms with van der Waals surface area (Å²) in [5.74, 6) is -1.13. The molecule has 1 aliphatic rings. The van der Waals surface area contributed by atoms with Crippen LogP contribution in [0.25, 0.3) is 25.9 Å². The summed E-state index contributed by atoms with van der Waals surface area (Å²) in [6.07, 6.45) is 0. The first kappa shape index (κ1) is 21.9. The van der Waals surface area contributed by atoms with Crippen molar-refractivity contribution in [3.63, 3.8) is 0 Å². The van der Waals surface area contributed by atoms with Crippen molar-refractivity contribution in [2.75, 3.05) is 37.7 Å². The van der Waals surface area contributed by atoms with E-state index in [9.17, 15) is 9.59 Å². The maximum Gasteiger partial charge on any atom is 0.345 e. The quantitative estimate of drug-likeness (QED) is 0.413. The van der Waals surface area contributed by atoms with Gasteiger partial charge in [-0.15, -0.1) is 11.3 Å². The van der Waals surface area contributed by atoms with Gasteiger partial charge >= 0.3 is 5.97 Å². The third-order valence-electron chi connectivity index (χ3n) is 6.37. The second-order valence-electron chi connectivity index (χ2n) is 8.57. The van der Waals surface area contributed by atoms with Gasteiger partial charge in [0.2, 0.25) is 5.43 Å². The number of ether oxygens (including phenoxy) is 1. The zero-order chi connectivity index (χ0) is 23.3. The molecule has 0 amide bonds. The van der Waals surface area contributed by atoms with Crippen molar-refractivity contribution in [3.8, 4) is 0 Å². The van der Waals surface area contributed by atoms with Gasteiger partial charge in [-0.3, -0.25) is 14.1 Å². The number of carbonyl (C=O) groups excluding carboxylic acids is 1. The van der Waals surface area contributed by atoms with E-state index in [1.54, 1.807) is 13.0 Å². The molecule has 0 radical (unpaired) electrons. The number of hydrogen-bond acceptors (Lipinski definition) is 6. The second kappa shape index (κ2) is 8.43. The van der Waals surface area contributed by atoms with Crippen LogP contribution >= 0.6 is 11.3 Å². The van der Waals surface area contributed by atoms with Gasteiger partial charge < -0.3 is 9.64 Å². The van der Waals surface area contributed by atoms with Crippen LogP contribution in [0.5, 0.6) is 0 Å². The number of nitrogens with zero attached hydrogens (tertiary/aromatic N) is 3. The molecule has 0 spiro atoms. The monoisotopic (exact) mass is 467 g/mol. The van der Waals surface area contributed by atoms with Crippen molar-refractivity contribution >= 4 is 48.9 Å². The summed E-state index contributed by atoms with van der Waals surface area (Å²) < 4.78 is 23.4. The van der Waals surface area contributed by atoms with Crippen molar-refractivity contribution in [2.24, 2.45) is 0 Å². The third kappa shape index (κ3) is 3.57. The maximum atomic E-state index is 15.3. The molecule has 5 rings (SSSR count). The van der Waals surface area contributed by atoms with Gasteiger partial charge in [0, 0.05) is 32.2 Å². The molecule has 172 valence electrons. The van der Waals surface area contributed by atoms with E-state index < -0.39 is 17.2 Å². The van der Waals surface area contributed by atoms with Crippen LogP contribution in [0.4, 0.5) is 10.1 Å². The number of piperazine rings is 1. The van der Waals surface area contributed by atoms with Gasteiger partial charge in [-0.2, -0.15) is 0 Å². The average molecular weight is 468 g/mol. The average Bonchev–Trinajstić information content (AvgIpc) is 3.18. The summed E-state index contributed by atoms with van der Waals surface area (Å²) in [5.41, 5.74) is 1.42. The first-order chi connectivity index (χ1) is 15.9. The number of para-hydroxylation sites is 1. The molecule has 1 fully saturated rings. The van der Waals surface area contributed by atoms with E-state index in [1.165, 1.54) is 17.4 Å². The van der Waals surface area contributed by atoms with Crippen LogP contribution in [0.1, 0.15) is 31.1 Å². The minimum absolute atomic E-state index is 0.0387. The number of anilines is 1. The highest BCUT2D eigenvalue weighted by atomic mass is 32.1. The lowest BCUT2D eigenvalue weighted by atomic mass is 10.1. The second-order valence-corrected chi connectivity index (χ2v) is 9.60. The van der Waals surface area contributed by atoms with Crippen molar-refractivity contribution in [1.29, 1.82) is 0 Å². The Morgan fingerprint density at radius 3 is 2.55 bits per heavy atom. The van der Waals surface area contributed by atoms with Crippen molar-refractivity contribution in [1.82, 2.24) is 9.30 Å². The highest BCUT2D eigenvalue weighted by molar-refractivity contribution is 7.24. The first-order valence-electron chi connectivity index (χ1n) is 11.3. The topological polar surface area (TPSA) is 54.3 Å². The molecule has 0 unspecified atom stereocenters. The molecule has 0 aliphatic carbocycles. The Labute approximate surface area is 194 Å². The summed E-state index contributed by atoms with van der Waals surface area (Å²) in [4.78, 5) is 31.1. The number of thiazole rings is 1. The minimum atomic E-state index is -0.678. The van der Waals surface area contributed by atoms with Crippen molar-refractivity contribution in [3.05, 3.63) is 58.0 Å². The number of esters is 1. The summed E-state index contributed by atoms with van der Waals surface area (Å²) >= 11 is 1.37. The predicted octanol–water partition coefficient (Wildman–Crippen LogP) is 4.51. The van der Waals surface area contributed by atoms with E-state index >= 15 is 4.39 Å². The van der Waals surface area contributed by atoms with Crippen LogP contribution in [0, 0.1) is 5.82 Å². The number of rotatable bonds is 4. The van der Waals surface area contributed by atoms with Crippen LogP contribution in [0.15, 0.2) is 41.2 Å². The number of pyridine rings is 1. The molecule has 2 aromatic carbocycles. The number of benzene rings is 2. The van der Waals surface area contributed by atoms with Gasteiger partial charge in [0.25, 0.3) is 0 Å². The number of halogens is 1. The molecule has 0 atom stereocenters. The lowest BCUT2D eigenvalue weighted by Crippen LogP contribution is -2.49. The molecule has 6 nitrogen and oxygen atoms in total. The Bertz CT molecular complexity index is 1430. The normalized spacial score (nSPS) is 15.2. The van der Waals surface area contributed by atoms with Crippen molar-refractivity contribution in [2.45, 2.75) is 26.8 Å². The molecule has 0 saturated carbocycles. The molecule has 33 heavy (non-hydrogen) atoms. The lowest BCUT2D eigenvalue weighted by Gasteiger charge is -2.38. The Morgan fingerprint density at radius 2 is 1.85 bits per heavy atom. The fourth-order valence-electron chi connectivity index (χ4n) is 4.64. The number of hydrogen-bond donors (Lipinski definition) is 0. The summed E-state index contributed by atoms with van der Waals surface area (Å²) in [6.45, 7) is 9.32. The molecule has 1 saturated heterocycles. The van der Waals surface area contributed by atoms with E-state index in [0.29, 0.717) is 35.2 Å². The van der Waals surface area contributed by atoms with Gasteiger partial charge in [-0.25, -0.2) is 9.18 Å². The van der Waals surface area contributed by atoms with Crippen LogP contribution < -0.4 is 10.3 Å². The van der Waals surface area contributed by atoms with Gasteiger partial charge in [0.1, 0.15) is 16.2 Å². The summed E-state index contributed by atoms with van der Waals surface area (Å²) in [6, 6.07) is 11.2. The van der Waals surface area contributed by atoms with Crippen LogP contribution in [-0.2, 0) is 4.74 Å². The lowest BCUT2D eigenvalue weighted by molar-refractivity contribution is 0.0527. The molecular formula is C25H26FN3O3S. The number of fused-ring (bicyclic) bond motifs is 5. The van der Waals surface area contributed by atoms with Crippen LogP contribution in [0.2, 0.25) is 0 Å². The SMILES string of the molecule is CCOC(=O)c1c(=O)c2cc(F)c(N3CCN(C(C)C)CC3)cc2n2c1sc1ccccc12. The van der Waals surface area contributed by atoms with E-state index in [0.717, 1.165) is 23.3 Å². The summed E-state index contributed by atoms with van der Waals surface area (Å²) in [5, 5.41) is 0.182. The standard InChI is InChI=1S/C25H26FN3O3S/c1-4-32-25(31)22-23(30)16-13-17(26)20(28-11-9-27(10-12-28)15(2)3)14-19(16)29-18-7-5-6-8-21(18)33-24(22)29/h5-8,13-15H,4,9-12H2,1-3H3. The number of aromatic nitrogens is 1. The molecule has 8 heteroatoms. The zero-order valence-electron chi connectivity index (χ0n) is 18.9. The molecular weight excluding hydrogens is 441 g/mol. The van der Waals surface area contributed by atoms with Crippen LogP contribution in [0.3, 0.4) is 0 Å². The van der Waals surface area contributed by atoms with E-state index in [2.05, 4.69) is 18.7 Å². The third-order valence-corrected chi connectivity index (χ3v) is 7.52. The van der Waals surface area contributed by atoms with Gasteiger partial charge in [0.05, 0.1) is 33.4 Å². The highest BCUT2D eigenvalue weighted by Gasteiger charge is 2.26. The molecule has 0 bridgehead atoms. The smallest absolute Gasteiger partial charge is 0.345 e. The van der Waals surface area contributed by atoms with Gasteiger partial charge in [-0.1, -0.05) is 12.1 Å². The Kier molecular flexibility index (Phi) is 5.58. The minimum Gasteiger partial charge on any atom is -0.462 e. The fraction of sp³-hybridized carbons (Fsp3) is 0.360. The largest absolute Gasteiger partial charge is 0.462 e.